The molecule has 0 radical (unpaired) electrons. The van der Waals surface area contributed by atoms with Crippen molar-refractivity contribution in [1.82, 2.24) is 0 Å². The molecule has 0 bridgehead atoms. The molecule has 0 amide bonds. The van der Waals surface area contributed by atoms with Gasteiger partial charge in [-0.1, -0.05) is 29.8 Å². The van der Waals surface area contributed by atoms with Gasteiger partial charge >= 0.3 is 0 Å². The molecule has 0 aliphatic heterocycles. The van der Waals surface area contributed by atoms with Gasteiger partial charge in [0.25, 0.3) is 0 Å². The lowest BCUT2D eigenvalue weighted by Crippen LogP contribution is -1.94. The molecule has 0 spiro atoms. The van der Waals surface area contributed by atoms with Crippen molar-refractivity contribution < 1.29 is 0 Å². The lowest BCUT2D eigenvalue weighted by Gasteiger charge is -2.01. The molecular weight excluding hydrogens is 203 g/mol. The lowest BCUT2D eigenvalue weighted by molar-refractivity contribution is 0.819. The summed E-state index contributed by atoms with van der Waals surface area (Å²) >= 11 is 11.9. The van der Waals surface area contributed by atoms with E-state index in [1.165, 1.54) is 11.1 Å². The van der Waals surface area contributed by atoms with Gasteiger partial charge in [-0.25, -0.2) is 0 Å². The molecule has 1 unspecified atom stereocenters. The van der Waals surface area contributed by atoms with Crippen molar-refractivity contribution in [3.63, 3.8) is 0 Å². The van der Waals surface area contributed by atoms with Crippen molar-refractivity contribution in [2.24, 2.45) is 5.92 Å². The maximum atomic E-state index is 5.95. The summed E-state index contributed by atoms with van der Waals surface area (Å²) in [4.78, 5) is 0. The van der Waals surface area contributed by atoms with E-state index in [9.17, 15) is 0 Å². The van der Waals surface area contributed by atoms with Gasteiger partial charge in [-0.2, -0.15) is 0 Å². The summed E-state index contributed by atoms with van der Waals surface area (Å²) < 4.78 is -0.440. The molecular formula is C11H12Cl2. The Morgan fingerprint density at radius 1 is 1.31 bits per heavy atom. The number of halogens is 2. The summed E-state index contributed by atoms with van der Waals surface area (Å²) in [6, 6.07) is 8.55. The van der Waals surface area contributed by atoms with E-state index in [1.807, 2.05) is 0 Å². The lowest BCUT2D eigenvalue weighted by atomic mass is 10.1. The molecule has 0 heterocycles. The molecule has 2 rings (SSSR count). The minimum Gasteiger partial charge on any atom is -0.101 e. The molecule has 1 aromatic rings. The fourth-order valence-electron chi connectivity index (χ4n) is 1.50. The quantitative estimate of drug-likeness (QED) is 0.659. The Morgan fingerprint density at radius 2 is 1.85 bits per heavy atom. The third kappa shape index (κ3) is 2.18. The fraction of sp³-hybridized carbons (Fsp3) is 0.455. The Morgan fingerprint density at radius 3 is 2.31 bits per heavy atom. The number of alkyl halides is 2. The number of benzene rings is 1. The van der Waals surface area contributed by atoms with Crippen LogP contribution in [0.5, 0.6) is 0 Å². The van der Waals surface area contributed by atoms with Crippen molar-refractivity contribution in [1.29, 1.82) is 0 Å². The maximum absolute atomic E-state index is 5.95. The number of rotatable bonds is 2. The fourth-order valence-corrected chi connectivity index (χ4v) is 2.03. The Kier molecular flexibility index (Phi) is 2.29. The second kappa shape index (κ2) is 3.18. The van der Waals surface area contributed by atoms with Crippen LogP contribution in [0, 0.1) is 12.8 Å². The van der Waals surface area contributed by atoms with Gasteiger partial charge in [0, 0.05) is 0 Å². The SMILES string of the molecule is Cc1ccc(CC2CC2(Cl)Cl)cc1. The monoisotopic (exact) mass is 214 g/mol. The summed E-state index contributed by atoms with van der Waals surface area (Å²) in [6.07, 6.45) is 1.94. The average Bonchev–Trinajstić information content (AvgIpc) is 2.64. The highest BCUT2D eigenvalue weighted by molar-refractivity contribution is 6.50. The second-order valence-electron chi connectivity index (χ2n) is 3.85. The number of hydrogen-bond acceptors (Lipinski definition) is 0. The number of aryl methyl sites for hydroxylation is 1. The number of hydrogen-bond donors (Lipinski definition) is 0. The molecule has 2 heteroatoms. The molecule has 1 fully saturated rings. The first kappa shape index (κ1) is 9.36. The summed E-state index contributed by atoms with van der Waals surface area (Å²) in [6.45, 7) is 2.09. The zero-order valence-electron chi connectivity index (χ0n) is 7.56. The van der Waals surface area contributed by atoms with Crippen LogP contribution in [0.25, 0.3) is 0 Å². The normalized spacial score (nSPS) is 24.4. The largest absolute Gasteiger partial charge is 0.121 e. The molecule has 1 aliphatic rings. The van der Waals surface area contributed by atoms with Crippen LogP contribution in [0.3, 0.4) is 0 Å². The van der Waals surface area contributed by atoms with Crippen molar-refractivity contribution in [2.75, 3.05) is 0 Å². The summed E-state index contributed by atoms with van der Waals surface area (Å²) in [7, 11) is 0. The minimum absolute atomic E-state index is 0.440. The predicted molar refractivity (Wildman–Crippen MR) is 57.4 cm³/mol. The van der Waals surface area contributed by atoms with Gasteiger partial charge in [0.05, 0.1) is 0 Å². The van der Waals surface area contributed by atoms with Crippen LogP contribution >= 0.6 is 23.2 Å². The minimum atomic E-state index is -0.440. The molecule has 1 aromatic carbocycles. The third-order valence-corrected chi connectivity index (χ3v) is 3.48. The Balaban J connectivity index is 2.00. The van der Waals surface area contributed by atoms with Crippen LogP contribution in [0.15, 0.2) is 24.3 Å². The molecule has 0 N–H and O–H groups in total. The molecule has 70 valence electrons. The summed E-state index contributed by atoms with van der Waals surface area (Å²) in [5.74, 6) is 0.457. The van der Waals surface area contributed by atoms with E-state index < -0.39 is 4.33 Å². The van der Waals surface area contributed by atoms with Crippen molar-refractivity contribution in [3.8, 4) is 0 Å². The van der Waals surface area contributed by atoms with Crippen LogP contribution in [0.2, 0.25) is 0 Å². The first-order valence-corrected chi connectivity index (χ1v) is 5.27. The van der Waals surface area contributed by atoms with Crippen molar-refractivity contribution in [3.05, 3.63) is 35.4 Å². The van der Waals surface area contributed by atoms with E-state index in [4.69, 9.17) is 23.2 Å². The van der Waals surface area contributed by atoms with Crippen LogP contribution in [-0.4, -0.2) is 4.33 Å². The van der Waals surface area contributed by atoms with Gasteiger partial charge in [-0.3, -0.25) is 0 Å². The van der Waals surface area contributed by atoms with Crippen LogP contribution in [-0.2, 0) is 6.42 Å². The Bertz CT molecular complexity index is 300. The summed E-state index contributed by atoms with van der Waals surface area (Å²) in [5, 5.41) is 0. The highest BCUT2D eigenvalue weighted by Gasteiger charge is 2.50. The molecule has 0 nitrogen and oxygen atoms in total. The molecule has 1 atom stereocenters. The second-order valence-corrected chi connectivity index (χ2v) is 5.39. The third-order valence-electron chi connectivity index (χ3n) is 2.56. The molecule has 13 heavy (non-hydrogen) atoms. The standard InChI is InChI=1S/C11H12Cl2/c1-8-2-4-9(5-3-8)6-10-7-11(10,12)13/h2-5,10H,6-7H2,1H3. The van der Waals surface area contributed by atoms with Crippen molar-refractivity contribution >= 4 is 23.2 Å². The summed E-state index contributed by atoms with van der Waals surface area (Å²) in [5.41, 5.74) is 2.63. The van der Waals surface area contributed by atoms with E-state index in [0.29, 0.717) is 5.92 Å². The molecule has 0 aromatic heterocycles. The zero-order valence-corrected chi connectivity index (χ0v) is 9.07. The first-order valence-electron chi connectivity index (χ1n) is 4.51. The van der Waals surface area contributed by atoms with Crippen LogP contribution in [0.4, 0.5) is 0 Å². The Labute approximate surface area is 88.9 Å². The molecule has 1 aliphatic carbocycles. The van der Waals surface area contributed by atoms with Crippen molar-refractivity contribution in [2.45, 2.75) is 24.1 Å². The van der Waals surface area contributed by atoms with Gasteiger partial charge < -0.3 is 0 Å². The maximum Gasteiger partial charge on any atom is 0.121 e. The van der Waals surface area contributed by atoms with E-state index in [2.05, 4.69) is 31.2 Å². The van der Waals surface area contributed by atoms with Gasteiger partial charge in [0.15, 0.2) is 0 Å². The first-order chi connectivity index (χ1) is 6.08. The molecule has 1 saturated carbocycles. The van der Waals surface area contributed by atoms with Gasteiger partial charge in [0.2, 0.25) is 0 Å². The van der Waals surface area contributed by atoms with Crippen LogP contribution in [0.1, 0.15) is 17.5 Å². The zero-order chi connectivity index (χ0) is 9.47. The highest BCUT2D eigenvalue weighted by Crippen LogP contribution is 2.54. The molecule has 0 saturated heterocycles. The Hall–Kier alpha value is -0.200. The van der Waals surface area contributed by atoms with Gasteiger partial charge in [0.1, 0.15) is 4.33 Å². The van der Waals surface area contributed by atoms with Gasteiger partial charge in [-0.15, -0.1) is 23.2 Å². The van der Waals surface area contributed by atoms with E-state index >= 15 is 0 Å². The predicted octanol–water partition coefficient (Wildman–Crippen LogP) is 3.73. The van der Waals surface area contributed by atoms with Crippen LogP contribution < -0.4 is 0 Å². The smallest absolute Gasteiger partial charge is 0.101 e. The average molecular weight is 215 g/mol. The van der Waals surface area contributed by atoms with Gasteiger partial charge in [-0.05, 0) is 31.2 Å². The highest BCUT2D eigenvalue weighted by atomic mass is 35.5. The topological polar surface area (TPSA) is 0 Å². The van der Waals surface area contributed by atoms with E-state index in [1.54, 1.807) is 0 Å². The van der Waals surface area contributed by atoms with E-state index in [-0.39, 0.29) is 0 Å². The van der Waals surface area contributed by atoms with E-state index in [0.717, 1.165) is 12.8 Å².